The zero-order valence-corrected chi connectivity index (χ0v) is 16.2. The highest BCUT2D eigenvalue weighted by atomic mass is 15.2. The van der Waals surface area contributed by atoms with Gasteiger partial charge in [-0.1, -0.05) is 25.2 Å². The van der Waals surface area contributed by atoms with Gasteiger partial charge in [-0.2, -0.15) is 0 Å². The first-order valence-electron chi connectivity index (χ1n) is 10.1. The molecule has 4 rings (SSSR count). The van der Waals surface area contributed by atoms with Gasteiger partial charge < -0.3 is 15.5 Å². The number of hydrogen-bond acceptors (Lipinski definition) is 6. The number of anilines is 1. The minimum Gasteiger partial charge on any atom is -0.368 e. The molecule has 0 unspecified atom stereocenters. The van der Waals surface area contributed by atoms with Crippen LogP contribution in [0.3, 0.4) is 0 Å². The number of pyridine rings is 1. The molecule has 2 fully saturated rings. The Morgan fingerprint density at radius 1 is 1.15 bits per heavy atom. The number of rotatable bonds is 4. The van der Waals surface area contributed by atoms with Gasteiger partial charge in [-0.15, -0.1) is 0 Å². The van der Waals surface area contributed by atoms with Gasteiger partial charge in [0.25, 0.3) is 0 Å². The van der Waals surface area contributed by atoms with E-state index < -0.39 is 0 Å². The number of nitrogens with zero attached hydrogens (tertiary/aromatic N) is 4. The maximum Gasteiger partial charge on any atom is 0.0943 e. The molecule has 2 saturated heterocycles. The average Bonchev–Trinajstić information content (AvgIpc) is 2.73. The number of piperazine rings is 2. The molecule has 6 heteroatoms. The number of aromatic nitrogens is 1. The van der Waals surface area contributed by atoms with Gasteiger partial charge in [-0.05, 0) is 6.07 Å². The molecule has 1 aromatic rings. The van der Waals surface area contributed by atoms with E-state index in [0.717, 1.165) is 70.3 Å². The Labute approximate surface area is 162 Å². The highest BCUT2D eigenvalue weighted by molar-refractivity contribution is 6.08. The van der Waals surface area contributed by atoms with Gasteiger partial charge in [-0.25, -0.2) is 0 Å². The van der Waals surface area contributed by atoms with Crippen molar-refractivity contribution in [2.24, 2.45) is 10.9 Å². The van der Waals surface area contributed by atoms with Crippen LogP contribution < -0.4 is 15.5 Å². The molecule has 2 aliphatic heterocycles. The lowest BCUT2D eigenvalue weighted by atomic mass is 9.91. The second kappa shape index (κ2) is 8.78. The first-order valence-corrected chi connectivity index (χ1v) is 10.1. The van der Waals surface area contributed by atoms with Gasteiger partial charge in [0.1, 0.15) is 0 Å². The van der Waals surface area contributed by atoms with Crippen molar-refractivity contribution in [3.63, 3.8) is 0 Å². The zero-order chi connectivity index (χ0) is 18.5. The number of aliphatic imine (C=N–C) groups is 1. The van der Waals surface area contributed by atoms with Gasteiger partial charge in [0.2, 0.25) is 0 Å². The summed E-state index contributed by atoms with van der Waals surface area (Å²) in [5, 5.41) is 6.81. The van der Waals surface area contributed by atoms with Crippen LogP contribution in [0.2, 0.25) is 0 Å². The normalized spacial score (nSPS) is 25.3. The number of hydrogen-bond donors (Lipinski definition) is 2. The minimum atomic E-state index is 0.284. The monoisotopic (exact) mass is 366 g/mol. The average molecular weight is 367 g/mol. The third-order valence-electron chi connectivity index (χ3n) is 5.54. The summed E-state index contributed by atoms with van der Waals surface area (Å²) in [6.45, 7) is 11.7. The van der Waals surface area contributed by atoms with E-state index in [0.29, 0.717) is 0 Å². The fraction of sp³-hybridized carbons (Fsp3) is 0.524. The van der Waals surface area contributed by atoms with Crippen molar-refractivity contribution in [1.82, 2.24) is 20.5 Å². The van der Waals surface area contributed by atoms with E-state index in [4.69, 9.17) is 9.98 Å². The lowest BCUT2D eigenvalue weighted by molar-refractivity contribution is 0.264. The van der Waals surface area contributed by atoms with Crippen molar-refractivity contribution in [3.05, 3.63) is 41.9 Å². The number of allylic oxidation sites excluding steroid dienone is 1. The van der Waals surface area contributed by atoms with Gasteiger partial charge in [0.05, 0.1) is 11.4 Å². The molecule has 0 aromatic carbocycles. The second-order valence-corrected chi connectivity index (χ2v) is 7.43. The summed E-state index contributed by atoms with van der Waals surface area (Å²) >= 11 is 0. The van der Waals surface area contributed by atoms with Crippen LogP contribution in [0.1, 0.15) is 18.2 Å². The summed E-state index contributed by atoms with van der Waals surface area (Å²) < 4.78 is 0. The molecule has 6 nitrogen and oxygen atoms in total. The van der Waals surface area contributed by atoms with E-state index in [-0.39, 0.29) is 5.92 Å². The van der Waals surface area contributed by atoms with Crippen LogP contribution >= 0.6 is 0 Å². The smallest absolute Gasteiger partial charge is 0.0943 e. The quantitative estimate of drug-likeness (QED) is 0.843. The van der Waals surface area contributed by atoms with E-state index in [2.05, 4.69) is 51.7 Å². The third-order valence-corrected chi connectivity index (χ3v) is 5.54. The number of nitrogens with one attached hydrogen (secondary N) is 2. The maximum absolute atomic E-state index is 4.83. The Kier molecular flexibility index (Phi) is 5.97. The summed E-state index contributed by atoms with van der Waals surface area (Å²) in [6.07, 6.45) is 10.5. The van der Waals surface area contributed by atoms with E-state index in [9.17, 15) is 0 Å². The predicted molar refractivity (Wildman–Crippen MR) is 113 cm³/mol. The first kappa shape index (κ1) is 18.3. The van der Waals surface area contributed by atoms with Gasteiger partial charge in [0.15, 0.2) is 0 Å². The molecule has 1 aromatic heterocycles. The summed E-state index contributed by atoms with van der Waals surface area (Å²) in [4.78, 5) is 14.4. The van der Waals surface area contributed by atoms with Crippen molar-refractivity contribution in [3.8, 4) is 0 Å². The Morgan fingerprint density at radius 2 is 1.89 bits per heavy atom. The van der Waals surface area contributed by atoms with Crippen LogP contribution in [-0.4, -0.2) is 74.5 Å². The molecule has 144 valence electrons. The molecule has 3 aliphatic rings. The molecule has 0 bridgehead atoms. The Balaban J connectivity index is 1.53. The van der Waals surface area contributed by atoms with Crippen LogP contribution in [0.15, 0.2) is 35.6 Å². The maximum atomic E-state index is 4.83. The zero-order valence-electron chi connectivity index (χ0n) is 16.2. The Hall–Kier alpha value is -2.02. The minimum absolute atomic E-state index is 0.284. The van der Waals surface area contributed by atoms with Crippen LogP contribution in [0.4, 0.5) is 5.69 Å². The molecule has 0 spiro atoms. The summed E-state index contributed by atoms with van der Waals surface area (Å²) in [5.41, 5.74) is 4.60. The summed E-state index contributed by atoms with van der Waals surface area (Å²) in [6, 6.07) is 2.14. The largest absolute Gasteiger partial charge is 0.368 e. The second-order valence-electron chi connectivity index (χ2n) is 7.43. The fourth-order valence-corrected chi connectivity index (χ4v) is 3.96. The van der Waals surface area contributed by atoms with Crippen molar-refractivity contribution < 1.29 is 0 Å². The molecule has 0 amide bonds. The van der Waals surface area contributed by atoms with Crippen LogP contribution in [0.25, 0.3) is 6.08 Å². The van der Waals surface area contributed by atoms with E-state index in [1.807, 2.05) is 12.4 Å². The molecule has 1 aliphatic carbocycles. The SMILES string of the molecule is C[C@@H]1C=Cc2c(N3CCNCC3)ccnc2/C1=N/C=C\CN1CCNCC1. The van der Waals surface area contributed by atoms with Crippen molar-refractivity contribution in [2.75, 3.05) is 63.8 Å². The Bertz CT molecular complexity index is 726. The first-order chi connectivity index (χ1) is 13.3. The lowest BCUT2D eigenvalue weighted by Crippen LogP contribution is -2.44. The van der Waals surface area contributed by atoms with Crippen molar-refractivity contribution >= 4 is 17.5 Å². The topological polar surface area (TPSA) is 55.8 Å². The van der Waals surface area contributed by atoms with Crippen molar-refractivity contribution in [2.45, 2.75) is 6.92 Å². The molecular weight excluding hydrogens is 336 g/mol. The van der Waals surface area contributed by atoms with Gasteiger partial charge in [0, 0.05) is 88.5 Å². The van der Waals surface area contributed by atoms with Crippen LogP contribution in [0, 0.1) is 5.92 Å². The standard InChI is InChI=1S/C21H30N6/c1-17-3-4-18-19(27-15-10-23-11-16-27)5-7-25-21(18)20(17)24-6-2-12-26-13-8-22-9-14-26/h2-7,17,22-23H,8-16H2,1H3/b6-2-,24-20+/t17-/m1/s1. The highest BCUT2D eigenvalue weighted by Crippen LogP contribution is 2.30. The Morgan fingerprint density at radius 3 is 2.67 bits per heavy atom. The van der Waals surface area contributed by atoms with E-state index in [1.54, 1.807) is 0 Å². The fourth-order valence-electron chi connectivity index (χ4n) is 3.96. The van der Waals surface area contributed by atoms with E-state index in [1.165, 1.54) is 11.3 Å². The summed E-state index contributed by atoms with van der Waals surface area (Å²) in [5.74, 6) is 0.284. The third kappa shape index (κ3) is 4.29. The molecule has 3 heterocycles. The molecular formula is C21H30N6. The van der Waals surface area contributed by atoms with Crippen LogP contribution in [-0.2, 0) is 0 Å². The highest BCUT2D eigenvalue weighted by Gasteiger charge is 2.23. The van der Waals surface area contributed by atoms with Crippen LogP contribution in [0.5, 0.6) is 0 Å². The van der Waals surface area contributed by atoms with Gasteiger partial charge >= 0.3 is 0 Å². The van der Waals surface area contributed by atoms with Crippen molar-refractivity contribution in [1.29, 1.82) is 0 Å². The number of fused-ring (bicyclic) bond motifs is 1. The van der Waals surface area contributed by atoms with E-state index >= 15 is 0 Å². The molecule has 27 heavy (non-hydrogen) atoms. The van der Waals surface area contributed by atoms with Gasteiger partial charge in [-0.3, -0.25) is 14.9 Å². The molecule has 2 N–H and O–H groups in total. The lowest BCUT2D eigenvalue weighted by Gasteiger charge is -2.32. The molecule has 0 saturated carbocycles. The summed E-state index contributed by atoms with van der Waals surface area (Å²) in [7, 11) is 0. The predicted octanol–water partition coefficient (Wildman–Crippen LogP) is 1.36. The molecule has 0 radical (unpaired) electrons. The molecule has 1 atom stereocenters.